The first-order valence-electron chi connectivity index (χ1n) is 3.78. The van der Waals surface area contributed by atoms with E-state index in [-0.39, 0.29) is 12.1 Å². The fourth-order valence-electron chi connectivity index (χ4n) is 0.927. The maximum atomic E-state index is 11.0. The second kappa shape index (κ2) is 4.13. The molecular weight excluding hydrogens is 144 g/mol. The zero-order chi connectivity index (χ0) is 8.10. The SMILES string of the molecule is CCOC(=O)[C@H]1CC=CCO1. The third-order valence-electron chi connectivity index (χ3n) is 1.46. The van der Waals surface area contributed by atoms with Gasteiger partial charge in [-0.25, -0.2) is 4.79 Å². The van der Waals surface area contributed by atoms with Crippen LogP contribution in [0.2, 0.25) is 0 Å². The molecule has 11 heavy (non-hydrogen) atoms. The monoisotopic (exact) mass is 156 g/mol. The Morgan fingerprint density at radius 3 is 3.09 bits per heavy atom. The number of rotatable bonds is 2. The van der Waals surface area contributed by atoms with Crippen LogP contribution >= 0.6 is 0 Å². The van der Waals surface area contributed by atoms with Crippen molar-refractivity contribution in [2.75, 3.05) is 13.2 Å². The van der Waals surface area contributed by atoms with Crippen LogP contribution in [0.15, 0.2) is 12.2 Å². The first kappa shape index (κ1) is 8.27. The first-order chi connectivity index (χ1) is 5.34. The molecule has 1 aliphatic heterocycles. The highest BCUT2D eigenvalue weighted by atomic mass is 16.6. The average Bonchev–Trinajstić information content (AvgIpc) is 2.07. The third kappa shape index (κ3) is 2.35. The summed E-state index contributed by atoms with van der Waals surface area (Å²) < 4.78 is 9.91. The van der Waals surface area contributed by atoms with Gasteiger partial charge in [-0.2, -0.15) is 0 Å². The van der Waals surface area contributed by atoms with Crippen LogP contribution in [0.1, 0.15) is 13.3 Å². The summed E-state index contributed by atoms with van der Waals surface area (Å²) in [6.45, 7) is 2.72. The zero-order valence-electron chi connectivity index (χ0n) is 6.58. The maximum Gasteiger partial charge on any atom is 0.335 e. The molecule has 3 heteroatoms. The standard InChI is InChI=1S/C8H12O3/c1-2-10-8(9)7-5-3-4-6-11-7/h3-4,7H,2,5-6H2,1H3/t7-/m1/s1. The number of hydrogen-bond acceptors (Lipinski definition) is 3. The number of hydrogen-bond donors (Lipinski definition) is 0. The van der Waals surface area contributed by atoms with Gasteiger partial charge in [0.1, 0.15) is 0 Å². The highest BCUT2D eigenvalue weighted by Crippen LogP contribution is 2.07. The largest absolute Gasteiger partial charge is 0.464 e. The van der Waals surface area contributed by atoms with Crippen molar-refractivity contribution in [1.82, 2.24) is 0 Å². The topological polar surface area (TPSA) is 35.5 Å². The van der Waals surface area contributed by atoms with Crippen molar-refractivity contribution in [2.24, 2.45) is 0 Å². The van der Waals surface area contributed by atoms with Crippen LogP contribution in [0.5, 0.6) is 0 Å². The van der Waals surface area contributed by atoms with Crippen molar-refractivity contribution in [2.45, 2.75) is 19.4 Å². The van der Waals surface area contributed by atoms with Crippen LogP contribution in [-0.2, 0) is 14.3 Å². The smallest absolute Gasteiger partial charge is 0.335 e. The second-order valence-electron chi connectivity index (χ2n) is 2.28. The first-order valence-corrected chi connectivity index (χ1v) is 3.78. The summed E-state index contributed by atoms with van der Waals surface area (Å²) in [5, 5.41) is 0. The number of ether oxygens (including phenoxy) is 2. The molecule has 0 aromatic carbocycles. The van der Waals surface area contributed by atoms with Gasteiger partial charge in [0.25, 0.3) is 0 Å². The van der Waals surface area contributed by atoms with Crippen LogP contribution < -0.4 is 0 Å². The predicted octanol–water partition coefficient (Wildman–Crippen LogP) is 0.895. The Morgan fingerprint density at radius 1 is 1.73 bits per heavy atom. The van der Waals surface area contributed by atoms with Gasteiger partial charge in [-0.05, 0) is 6.92 Å². The fourth-order valence-corrected chi connectivity index (χ4v) is 0.927. The van der Waals surface area contributed by atoms with Gasteiger partial charge in [0.2, 0.25) is 0 Å². The summed E-state index contributed by atoms with van der Waals surface area (Å²) in [5.41, 5.74) is 0. The van der Waals surface area contributed by atoms with Gasteiger partial charge < -0.3 is 9.47 Å². The molecule has 0 N–H and O–H groups in total. The van der Waals surface area contributed by atoms with E-state index in [0.29, 0.717) is 19.6 Å². The molecule has 1 rings (SSSR count). The fraction of sp³-hybridized carbons (Fsp3) is 0.625. The highest BCUT2D eigenvalue weighted by molar-refractivity contribution is 5.75. The van der Waals surface area contributed by atoms with Crippen molar-refractivity contribution in [3.05, 3.63) is 12.2 Å². The van der Waals surface area contributed by atoms with Gasteiger partial charge in [0.05, 0.1) is 13.2 Å². The van der Waals surface area contributed by atoms with Crippen molar-refractivity contribution in [3.8, 4) is 0 Å². The Bertz CT molecular complexity index is 163. The summed E-state index contributed by atoms with van der Waals surface area (Å²) in [4.78, 5) is 11.0. The van der Waals surface area contributed by atoms with Gasteiger partial charge in [-0.15, -0.1) is 0 Å². The van der Waals surface area contributed by atoms with E-state index in [0.717, 1.165) is 0 Å². The molecule has 3 nitrogen and oxygen atoms in total. The summed E-state index contributed by atoms with van der Waals surface area (Å²) in [7, 11) is 0. The van der Waals surface area contributed by atoms with Crippen molar-refractivity contribution < 1.29 is 14.3 Å². The molecular formula is C8H12O3. The van der Waals surface area contributed by atoms with Crippen molar-refractivity contribution >= 4 is 5.97 Å². The minimum Gasteiger partial charge on any atom is -0.464 e. The van der Waals surface area contributed by atoms with Crippen molar-refractivity contribution in [1.29, 1.82) is 0 Å². The summed E-state index contributed by atoms with van der Waals surface area (Å²) in [6.07, 6.45) is 4.10. The minimum absolute atomic E-state index is 0.253. The predicted molar refractivity (Wildman–Crippen MR) is 40.1 cm³/mol. The molecule has 0 bridgehead atoms. The van der Waals surface area contributed by atoms with Crippen LogP contribution in [0.25, 0.3) is 0 Å². The molecule has 0 saturated carbocycles. The number of carbonyl (C=O) groups excluding carboxylic acids is 1. The molecule has 1 aliphatic rings. The summed E-state index contributed by atoms with van der Waals surface area (Å²) >= 11 is 0. The lowest BCUT2D eigenvalue weighted by Gasteiger charge is -2.16. The summed E-state index contributed by atoms with van der Waals surface area (Å²) in [6, 6.07) is 0. The Hall–Kier alpha value is -0.830. The molecule has 0 saturated heterocycles. The molecule has 1 heterocycles. The lowest BCUT2D eigenvalue weighted by atomic mass is 10.2. The van der Waals surface area contributed by atoms with E-state index >= 15 is 0 Å². The quantitative estimate of drug-likeness (QED) is 0.440. The highest BCUT2D eigenvalue weighted by Gasteiger charge is 2.19. The molecule has 0 aromatic rings. The molecule has 0 fully saturated rings. The van der Waals surface area contributed by atoms with Gasteiger partial charge in [-0.3, -0.25) is 0 Å². The lowest BCUT2D eigenvalue weighted by molar-refractivity contribution is -0.156. The molecule has 0 unspecified atom stereocenters. The molecule has 0 aromatic heterocycles. The lowest BCUT2D eigenvalue weighted by Crippen LogP contribution is -2.27. The molecule has 0 spiro atoms. The molecule has 0 radical (unpaired) electrons. The Kier molecular flexibility index (Phi) is 3.11. The van der Waals surface area contributed by atoms with E-state index in [1.807, 2.05) is 12.2 Å². The Morgan fingerprint density at radius 2 is 2.55 bits per heavy atom. The number of esters is 1. The van der Waals surface area contributed by atoms with Crippen LogP contribution in [-0.4, -0.2) is 25.3 Å². The van der Waals surface area contributed by atoms with Crippen LogP contribution in [0.4, 0.5) is 0 Å². The van der Waals surface area contributed by atoms with Gasteiger partial charge in [0.15, 0.2) is 6.10 Å². The molecule has 0 amide bonds. The van der Waals surface area contributed by atoms with E-state index in [2.05, 4.69) is 0 Å². The van der Waals surface area contributed by atoms with Gasteiger partial charge >= 0.3 is 5.97 Å². The van der Waals surface area contributed by atoms with Crippen molar-refractivity contribution in [3.63, 3.8) is 0 Å². The summed E-state index contributed by atoms with van der Waals surface area (Å²) in [5.74, 6) is -0.253. The molecule has 0 aliphatic carbocycles. The van der Waals surface area contributed by atoms with E-state index < -0.39 is 0 Å². The second-order valence-corrected chi connectivity index (χ2v) is 2.28. The normalized spacial score (nSPS) is 23.2. The third-order valence-corrected chi connectivity index (χ3v) is 1.46. The number of carbonyl (C=O) groups is 1. The Labute approximate surface area is 66.0 Å². The average molecular weight is 156 g/mol. The van der Waals surface area contributed by atoms with Crippen LogP contribution in [0, 0.1) is 0 Å². The van der Waals surface area contributed by atoms with Gasteiger partial charge in [-0.1, -0.05) is 12.2 Å². The van der Waals surface area contributed by atoms with E-state index in [1.165, 1.54) is 0 Å². The van der Waals surface area contributed by atoms with E-state index in [1.54, 1.807) is 6.92 Å². The van der Waals surface area contributed by atoms with Gasteiger partial charge in [0, 0.05) is 6.42 Å². The zero-order valence-corrected chi connectivity index (χ0v) is 6.58. The Balaban J connectivity index is 2.34. The van der Waals surface area contributed by atoms with E-state index in [4.69, 9.17) is 9.47 Å². The maximum absolute atomic E-state index is 11.0. The molecule has 1 atom stereocenters. The molecule has 62 valence electrons. The van der Waals surface area contributed by atoms with E-state index in [9.17, 15) is 4.79 Å². The van der Waals surface area contributed by atoms with Crippen LogP contribution in [0.3, 0.4) is 0 Å². The minimum atomic E-state index is -0.375.